The summed E-state index contributed by atoms with van der Waals surface area (Å²) in [5.74, 6) is -0.415. The molecule has 0 spiro atoms. The summed E-state index contributed by atoms with van der Waals surface area (Å²) in [5, 5.41) is 0. The number of carbonyl (C=O) groups excluding carboxylic acids is 2. The number of amides is 1. The second-order valence-corrected chi connectivity index (χ2v) is 9.68. The van der Waals surface area contributed by atoms with Gasteiger partial charge < -0.3 is 9.64 Å². The molecule has 7 nitrogen and oxygen atoms in total. The third-order valence-electron chi connectivity index (χ3n) is 5.56. The van der Waals surface area contributed by atoms with Crippen LogP contribution in [0.15, 0.2) is 83.8 Å². The van der Waals surface area contributed by atoms with Gasteiger partial charge in [0.05, 0.1) is 4.90 Å². The molecule has 176 valence electrons. The molecular weight excluding hydrogens is 459 g/mol. The number of carbonyl (C=O) groups is 2. The van der Waals surface area contributed by atoms with E-state index in [9.17, 15) is 22.4 Å². The van der Waals surface area contributed by atoms with Crippen LogP contribution >= 0.6 is 0 Å². The Morgan fingerprint density at radius 1 is 0.794 bits per heavy atom. The van der Waals surface area contributed by atoms with Gasteiger partial charge in [-0.1, -0.05) is 30.3 Å². The molecule has 0 unspecified atom stereocenters. The molecule has 1 amide bonds. The second-order valence-electron chi connectivity index (χ2n) is 7.75. The zero-order valence-corrected chi connectivity index (χ0v) is 19.1. The second kappa shape index (κ2) is 10.1. The van der Waals surface area contributed by atoms with E-state index in [-0.39, 0.29) is 49.4 Å². The van der Waals surface area contributed by atoms with Gasteiger partial charge in [-0.2, -0.15) is 4.31 Å². The largest absolute Gasteiger partial charge is 0.484 e. The lowest BCUT2D eigenvalue weighted by atomic mass is 10.0. The zero-order valence-electron chi connectivity index (χ0n) is 18.3. The van der Waals surface area contributed by atoms with E-state index in [1.165, 1.54) is 16.4 Å². The molecule has 4 rings (SSSR count). The van der Waals surface area contributed by atoms with Gasteiger partial charge in [0.15, 0.2) is 12.4 Å². The molecule has 0 radical (unpaired) electrons. The topological polar surface area (TPSA) is 84.0 Å². The Bertz CT molecular complexity index is 1250. The molecule has 3 aromatic carbocycles. The van der Waals surface area contributed by atoms with Crippen molar-refractivity contribution in [2.24, 2.45) is 0 Å². The van der Waals surface area contributed by atoms with Crippen LogP contribution in [0, 0.1) is 5.82 Å². The van der Waals surface area contributed by atoms with E-state index in [2.05, 4.69) is 0 Å². The summed E-state index contributed by atoms with van der Waals surface area (Å²) >= 11 is 0. The number of ether oxygens (including phenoxy) is 1. The lowest BCUT2D eigenvalue weighted by Crippen LogP contribution is -2.51. The number of rotatable bonds is 7. The number of hydrogen-bond donors (Lipinski definition) is 0. The first-order valence-electron chi connectivity index (χ1n) is 10.7. The van der Waals surface area contributed by atoms with E-state index in [4.69, 9.17) is 4.74 Å². The van der Waals surface area contributed by atoms with Crippen LogP contribution in [-0.2, 0) is 14.8 Å². The van der Waals surface area contributed by atoms with Crippen LogP contribution in [0.2, 0.25) is 0 Å². The van der Waals surface area contributed by atoms with Crippen LogP contribution in [0.3, 0.4) is 0 Å². The van der Waals surface area contributed by atoms with E-state index >= 15 is 0 Å². The fourth-order valence-electron chi connectivity index (χ4n) is 3.63. The van der Waals surface area contributed by atoms with E-state index in [0.29, 0.717) is 16.9 Å². The maximum Gasteiger partial charge on any atom is 0.260 e. The van der Waals surface area contributed by atoms with Crippen LogP contribution in [0.5, 0.6) is 5.75 Å². The van der Waals surface area contributed by atoms with Crippen LogP contribution in [-0.4, -0.2) is 62.1 Å². The predicted molar refractivity (Wildman–Crippen MR) is 124 cm³/mol. The minimum atomic E-state index is -3.74. The van der Waals surface area contributed by atoms with Crippen molar-refractivity contribution in [2.45, 2.75) is 4.90 Å². The van der Waals surface area contributed by atoms with Crippen LogP contribution in [0.4, 0.5) is 4.39 Å². The van der Waals surface area contributed by atoms with Gasteiger partial charge in [-0.05, 0) is 48.5 Å². The highest BCUT2D eigenvalue weighted by atomic mass is 32.2. The van der Waals surface area contributed by atoms with Crippen molar-refractivity contribution in [3.05, 3.63) is 95.8 Å². The molecule has 0 saturated carbocycles. The summed E-state index contributed by atoms with van der Waals surface area (Å²) in [4.78, 5) is 26.6. The summed E-state index contributed by atoms with van der Waals surface area (Å²) in [6.45, 7) is 0.542. The van der Waals surface area contributed by atoms with Gasteiger partial charge in [0.2, 0.25) is 10.0 Å². The number of hydrogen-bond acceptors (Lipinski definition) is 5. The summed E-state index contributed by atoms with van der Waals surface area (Å²) < 4.78 is 45.4. The maximum absolute atomic E-state index is 13.1. The molecule has 1 aliphatic rings. The molecule has 0 bridgehead atoms. The van der Waals surface area contributed by atoms with E-state index in [1.54, 1.807) is 53.4 Å². The Hall–Kier alpha value is -3.56. The number of benzene rings is 3. The molecular formula is C25H23FN2O5S. The highest BCUT2D eigenvalue weighted by molar-refractivity contribution is 7.89. The van der Waals surface area contributed by atoms with Gasteiger partial charge in [-0.3, -0.25) is 9.59 Å². The number of piperazine rings is 1. The van der Waals surface area contributed by atoms with Gasteiger partial charge in [0.25, 0.3) is 5.91 Å². The molecule has 1 saturated heterocycles. The molecule has 3 aromatic rings. The minimum Gasteiger partial charge on any atom is -0.484 e. The molecule has 0 aliphatic carbocycles. The lowest BCUT2D eigenvalue weighted by molar-refractivity contribution is -0.134. The first-order chi connectivity index (χ1) is 16.3. The van der Waals surface area contributed by atoms with E-state index in [1.807, 2.05) is 6.07 Å². The van der Waals surface area contributed by atoms with Crippen LogP contribution < -0.4 is 4.74 Å². The molecule has 0 aromatic heterocycles. The fourth-order valence-corrected chi connectivity index (χ4v) is 5.05. The smallest absolute Gasteiger partial charge is 0.260 e. The van der Waals surface area contributed by atoms with Crippen molar-refractivity contribution in [1.29, 1.82) is 0 Å². The maximum atomic E-state index is 13.1. The summed E-state index contributed by atoms with van der Waals surface area (Å²) in [5.41, 5.74) is 1.11. The summed E-state index contributed by atoms with van der Waals surface area (Å²) in [6, 6.07) is 20.2. The standard InChI is InChI=1S/C25H23FN2O5S/c26-21-8-12-23(13-9-21)34(31,32)28-16-14-27(15-17-28)24(29)18-33-22-10-6-20(7-11-22)25(30)19-4-2-1-3-5-19/h1-13H,14-18H2. The van der Waals surface area contributed by atoms with Crippen LogP contribution in [0.1, 0.15) is 15.9 Å². The third kappa shape index (κ3) is 5.32. The first kappa shape index (κ1) is 23.6. The first-order valence-corrected chi connectivity index (χ1v) is 12.1. The molecule has 1 aliphatic heterocycles. The number of ketones is 1. The number of nitrogens with zero attached hydrogens (tertiary/aromatic N) is 2. The number of halogens is 1. The Labute approximate surface area is 197 Å². The van der Waals surface area contributed by atoms with Gasteiger partial charge in [-0.15, -0.1) is 0 Å². The monoisotopic (exact) mass is 482 g/mol. The Morgan fingerprint density at radius 3 is 2.00 bits per heavy atom. The SMILES string of the molecule is O=C(c1ccccc1)c1ccc(OCC(=O)N2CCN(S(=O)(=O)c3ccc(F)cc3)CC2)cc1. The fraction of sp³-hybridized carbons (Fsp3) is 0.200. The summed E-state index contributed by atoms with van der Waals surface area (Å²) in [6.07, 6.45) is 0. The zero-order chi connectivity index (χ0) is 24.1. The highest BCUT2D eigenvalue weighted by Gasteiger charge is 2.30. The van der Waals surface area contributed by atoms with Gasteiger partial charge in [-0.25, -0.2) is 12.8 Å². The normalized spacial score (nSPS) is 14.6. The lowest BCUT2D eigenvalue weighted by Gasteiger charge is -2.34. The number of sulfonamides is 1. The molecule has 9 heteroatoms. The van der Waals surface area contributed by atoms with Gasteiger partial charge in [0.1, 0.15) is 11.6 Å². The van der Waals surface area contributed by atoms with E-state index < -0.39 is 15.8 Å². The Morgan fingerprint density at radius 2 is 1.38 bits per heavy atom. The summed E-state index contributed by atoms with van der Waals surface area (Å²) in [7, 11) is -3.74. The van der Waals surface area contributed by atoms with Gasteiger partial charge in [0, 0.05) is 37.3 Å². The van der Waals surface area contributed by atoms with Gasteiger partial charge >= 0.3 is 0 Å². The predicted octanol–water partition coefficient (Wildman–Crippen LogP) is 2.97. The Kier molecular flexibility index (Phi) is 7.04. The highest BCUT2D eigenvalue weighted by Crippen LogP contribution is 2.19. The average Bonchev–Trinajstić information content (AvgIpc) is 2.88. The van der Waals surface area contributed by atoms with Crippen molar-refractivity contribution in [2.75, 3.05) is 32.8 Å². The van der Waals surface area contributed by atoms with Crippen molar-refractivity contribution in [1.82, 2.24) is 9.21 Å². The van der Waals surface area contributed by atoms with E-state index in [0.717, 1.165) is 12.1 Å². The molecule has 34 heavy (non-hydrogen) atoms. The minimum absolute atomic E-state index is 0.0196. The molecule has 1 heterocycles. The van der Waals surface area contributed by atoms with Crippen LogP contribution in [0.25, 0.3) is 0 Å². The molecule has 1 fully saturated rings. The van der Waals surface area contributed by atoms with Crippen molar-refractivity contribution in [3.8, 4) is 5.75 Å². The van der Waals surface area contributed by atoms with Crippen molar-refractivity contribution in [3.63, 3.8) is 0 Å². The quantitative estimate of drug-likeness (QED) is 0.484. The Balaban J connectivity index is 1.28. The third-order valence-corrected chi connectivity index (χ3v) is 7.47. The molecule has 0 atom stereocenters. The average molecular weight is 483 g/mol. The molecule has 0 N–H and O–H groups in total. The van der Waals surface area contributed by atoms with Crippen molar-refractivity contribution >= 4 is 21.7 Å². The van der Waals surface area contributed by atoms with Crippen molar-refractivity contribution < 1.29 is 27.1 Å².